The molecular formula is C23H16F3N3O. The van der Waals surface area contributed by atoms with Crippen LogP contribution in [-0.4, -0.2) is 15.9 Å². The van der Waals surface area contributed by atoms with Crippen molar-refractivity contribution >= 4 is 16.8 Å². The number of hydrogen-bond acceptors (Lipinski definition) is 3. The van der Waals surface area contributed by atoms with Crippen LogP contribution in [-0.2, 0) is 12.7 Å². The fraction of sp³-hybridized carbons (Fsp3) is 0.0870. The largest absolute Gasteiger partial charge is 0.416 e. The first-order chi connectivity index (χ1) is 14.4. The second-order valence-corrected chi connectivity index (χ2v) is 6.66. The molecule has 0 atom stereocenters. The van der Waals surface area contributed by atoms with Gasteiger partial charge in [-0.3, -0.25) is 9.78 Å². The van der Waals surface area contributed by atoms with Crippen LogP contribution in [0.4, 0.5) is 13.2 Å². The summed E-state index contributed by atoms with van der Waals surface area (Å²) in [6, 6.07) is 19.0. The van der Waals surface area contributed by atoms with Crippen molar-refractivity contribution in [1.29, 1.82) is 0 Å². The van der Waals surface area contributed by atoms with Gasteiger partial charge in [-0.1, -0.05) is 36.4 Å². The molecule has 4 nitrogen and oxygen atoms in total. The number of rotatable bonds is 4. The lowest BCUT2D eigenvalue weighted by Crippen LogP contribution is -2.23. The van der Waals surface area contributed by atoms with Gasteiger partial charge < -0.3 is 5.32 Å². The third-order valence-corrected chi connectivity index (χ3v) is 4.61. The second-order valence-electron chi connectivity index (χ2n) is 6.66. The van der Waals surface area contributed by atoms with E-state index in [1.165, 1.54) is 6.07 Å². The van der Waals surface area contributed by atoms with E-state index in [2.05, 4.69) is 15.3 Å². The Kier molecular flexibility index (Phi) is 5.18. The Balaban J connectivity index is 1.68. The van der Waals surface area contributed by atoms with Crippen molar-refractivity contribution in [2.45, 2.75) is 12.7 Å². The van der Waals surface area contributed by atoms with Crippen molar-refractivity contribution in [2.24, 2.45) is 0 Å². The van der Waals surface area contributed by atoms with E-state index >= 15 is 0 Å². The fourth-order valence-corrected chi connectivity index (χ4v) is 3.11. The molecule has 0 aliphatic heterocycles. The topological polar surface area (TPSA) is 54.9 Å². The van der Waals surface area contributed by atoms with Gasteiger partial charge >= 0.3 is 6.18 Å². The van der Waals surface area contributed by atoms with Crippen molar-refractivity contribution in [3.8, 4) is 11.3 Å². The quantitative estimate of drug-likeness (QED) is 0.503. The number of carbonyl (C=O) groups is 1. The van der Waals surface area contributed by atoms with Crippen LogP contribution in [0.3, 0.4) is 0 Å². The average molecular weight is 407 g/mol. The number of carbonyl (C=O) groups excluding carboxylic acids is 1. The number of para-hydroxylation sites is 1. The van der Waals surface area contributed by atoms with E-state index in [9.17, 15) is 18.0 Å². The summed E-state index contributed by atoms with van der Waals surface area (Å²) < 4.78 is 39.2. The Morgan fingerprint density at radius 2 is 1.77 bits per heavy atom. The number of benzene rings is 2. The number of nitrogens with zero attached hydrogens (tertiary/aromatic N) is 2. The van der Waals surface area contributed by atoms with E-state index in [1.807, 2.05) is 6.07 Å². The minimum Gasteiger partial charge on any atom is -0.346 e. The number of aromatic nitrogens is 2. The zero-order chi connectivity index (χ0) is 21.1. The van der Waals surface area contributed by atoms with Gasteiger partial charge in [0.2, 0.25) is 0 Å². The highest BCUT2D eigenvalue weighted by atomic mass is 19.4. The monoisotopic (exact) mass is 407 g/mol. The molecule has 0 aliphatic carbocycles. The molecule has 2 aromatic carbocycles. The summed E-state index contributed by atoms with van der Waals surface area (Å²) in [6.07, 6.45) is -2.80. The van der Waals surface area contributed by atoms with Gasteiger partial charge in [-0.2, -0.15) is 13.2 Å². The summed E-state index contributed by atoms with van der Waals surface area (Å²) in [5.74, 6) is -0.333. The van der Waals surface area contributed by atoms with Gasteiger partial charge in [-0.15, -0.1) is 0 Å². The molecule has 1 N–H and O–H groups in total. The summed E-state index contributed by atoms with van der Waals surface area (Å²) in [5.41, 5.74) is 1.42. The van der Waals surface area contributed by atoms with Crippen LogP contribution in [0.2, 0.25) is 0 Å². The lowest BCUT2D eigenvalue weighted by Gasteiger charge is -2.11. The smallest absolute Gasteiger partial charge is 0.346 e. The van der Waals surface area contributed by atoms with Crippen LogP contribution in [0.15, 0.2) is 79.0 Å². The zero-order valence-corrected chi connectivity index (χ0v) is 15.6. The highest BCUT2D eigenvalue weighted by Gasteiger charge is 2.30. The molecule has 0 bridgehead atoms. The maximum absolute atomic E-state index is 13.1. The van der Waals surface area contributed by atoms with Gasteiger partial charge in [0.1, 0.15) is 0 Å². The lowest BCUT2D eigenvalue weighted by molar-refractivity contribution is -0.137. The molecule has 2 heterocycles. The van der Waals surface area contributed by atoms with Crippen molar-refractivity contribution < 1.29 is 18.0 Å². The van der Waals surface area contributed by atoms with Crippen molar-refractivity contribution in [2.75, 3.05) is 0 Å². The average Bonchev–Trinajstić information content (AvgIpc) is 2.77. The van der Waals surface area contributed by atoms with Crippen LogP contribution < -0.4 is 5.32 Å². The van der Waals surface area contributed by atoms with Gasteiger partial charge in [-0.25, -0.2) is 4.98 Å². The minimum absolute atomic E-state index is 0.253. The van der Waals surface area contributed by atoms with Crippen LogP contribution in [0.5, 0.6) is 0 Å². The number of fused-ring (bicyclic) bond motifs is 1. The van der Waals surface area contributed by atoms with Gasteiger partial charge in [0.25, 0.3) is 5.91 Å². The van der Waals surface area contributed by atoms with Crippen LogP contribution in [0.25, 0.3) is 22.2 Å². The normalized spacial score (nSPS) is 11.4. The molecule has 0 saturated heterocycles. The standard InChI is InChI=1S/C23H16F3N3O/c24-23(25,26)17-7-3-6-16(13-17)20-11-10-15-5-4-9-19(21(15)29-20)22(30)28-14-18-8-1-2-12-27-18/h1-13H,14H2,(H,28,30). The zero-order valence-electron chi connectivity index (χ0n) is 15.6. The van der Waals surface area contributed by atoms with Gasteiger partial charge in [0, 0.05) is 17.1 Å². The van der Waals surface area contributed by atoms with Crippen molar-refractivity contribution in [3.63, 3.8) is 0 Å². The second kappa shape index (κ2) is 7.94. The summed E-state index contributed by atoms with van der Waals surface area (Å²) in [7, 11) is 0. The summed E-state index contributed by atoms with van der Waals surface area (Å²) >= 11 is 0. The molecule has 150 valence electrons. The Bertz CT molecular complexity index is 1210. The van der Waals surface area contributed by atoms with Crippen LogP contribution >= 0.6 is 0 Å². The number of alkyl halides is 3. The van der Waals surface area contributed by atoms with E-state index in [0.29, 0.717) is 28.0 Å². The summed E-state index contributed by atoms with van der Waals surface area (Å²) in [4.78, 5) is 21.4. The third-order valence-electron chi connectivity index (χ3n) is 4.61. The van der Waals surface area contributed by atoms with Crippen LogP contribution in [0, 0.1) is 0 Å². The van der Waals surface area contributed by atoms with E-state index in [0.717, 1.165) is 17.5 Å². The third kappa shape index (κ3) is 4.15. The summed E-state index contributed by atoms with van der Waals surface area (Å²) in [5, 5.41) is 3.52. The Morgan fingerprint density at radius 1 is 0.933 bits per heavy atom. The van der Waals surface area contributed by atoms with E-state index in [-0.39, 0.29) is 12.5 Å². The first-order valence-corrected chi connectivity index (χ1v) is 9.17. The first kappa shape index (κ1) is 19.6. The molecule has 4 aromatic rings. The lowest BCUT2D eigenvalue weighted by atomic mass is 10.0. The fourth-order valence-electron chi connectivity index (χ4n) is 3.11. The van der Waals surface area contributed by atoms with E-state index in [1.54, 1.807) is 54.7 Å². The number of hydrogen-bond donors (Lipinski definition) is 1. The molecule has 0 aliphatic rings. The maximum atomic E-state index is 13.1. The molecule has 0 unspecified atom stereocenters. The van der Waals surface area contributed by atoms with Crippen molar-refractivity contribution in [3.05, 3.63) is 95.8 Å². The van der Waals surface area contributed by atoms with Gasteiger partial charge in [0.15, 0.2) is 0 Å². The number of halogens is 3. The highest BCUT2D eigenvalue weighted by Crippen LogP contribution is 2.32. The Hall–Kier alpha value is -3.74. The Morgan fingerprint density at radius 3 is 2.53 bits per heavy atom. The highest BCUT2D eigenvalue weighted by molar-refractivity contribution is 6.05. The van der Waals surface area contributed by atoms with E-state index in [4.69, 9.17) is 0 Å². The number of nitrogens with one attached hydrogen (secondary N) is 1. The predicted molar refractivity (Wildman–Crippen MR) is 108 cm³/mol. The molecule has 1 amide bonds. The predicted octanol–water partition coefficient (Wildman–Crippen LogP) is 5.25. The molecule has 0 fully saturated rings. The van der Waals surface area contributed by atoms with Crippen LogP contribution in [0.1, 0.15) is 21.6 Å². The molecule has 0 saturated carbocycles. The SMILES string of the molecule is O=C(NCc1ccccn1)c1cccc2ccc(-c3cccc(C(F)(F)F)c3)nc12. The van der Waals surface area contributed by atoms with E-state index < -0.39 is 11.7 Å². The molecule has 0 radical (unpaired) electrons. The molecule has 7 heteroatoms. The van der Waals surface area contributed by atoms with Crippen molar-refractivity contribution in [1.82, 2.24) is 15.3 Å². The number of amides is 1. The molecular weight excluding hydrogens is 391 g/mol. The minimum atomic E-state index is -4.44. The number of pyridine rings is 2. The maximum Gasteiger partial charge on any atom is 0.416 e. The molecule has 4 rings (SSSR count). The molecule has 0 spiro atoms. The van der Waals surface area contributed by atoms with Gasteiger partial charge in [0.05, 0.1) is 34.6 Å². The first-order valence-electron chi connectivity index (χ1n) is 9.17. The van der Waals surface area contributed by atoms with Gasteiger partial charge in [-0.05, 0) is 36.4 Å². The summed E-state index contributed by atoms with van der Waals surface area (Å²) in [6.45, 7) is 0.253. The Labute approximate surface area is 170 Å². The molecule has 2 aromatic heterocycles. The molecule has 30 heavy (non-hydrogen) atoms.